The van der Waals surface area contributed by atoms with Gasteiger partial charge in [0, 0.05) is 0 Å². The summed E-state index contributed by atoms with van der Waals surface area (Å²) < 4.78 is 14.7. The van der Waals surface area contributed by atoms with Gasteiger partial charge < -0.3 is 13.9 Å². The highest BCUT2D eigenvalue weighted by atomic mass is 16.5. The number of carbonyl (C=O) groups excluding carboxylic acids is 2. The van der Waals surface area contributed by atoms with Gasteiger partial charge in [0.15, 0.2) is 0 Å². The Morgan fingerprint density at radius 2 is 1.80 bits per heavy atom. The van der Waals surface area contributed by atoms with Gasteiger partial charge in [-0.15, -0.1) is 0 Å². The summed E-state index contributed by atoms with van der Waals surface area (Å²) in [5, 5.41) is 3.13. The fraction of sp³-hybridized carbons (Fsp3) is 0.571. The molecule has 1 N–H and O–H groups in total. The molecule has 1 heterocycles. The van der Waals surface area contributed by atoms with E-state index in [1.807, 2.05) is 20.8 Å². The SMILES string of the molecule is COC(=O)c1ccc(C(C)NC(C(=O)OC)C(C)C)o1. The van der Waals surface area contributed by atoms with Crippen molar-refractivity contribution in [2.75, 3.05) is 14.2 Å². The van der Waals surface area contributed by atoms with Crippen LogP contribution in [0.1, 0.15) is 43.1 Å². The third-order valence-electron chi connectivity index (χ3n) is 2.99. The summed E-state index contributed by atoms with van der Waals surface area (Å²) in [4.78, 5) is 23.0. The fourth-order valence-electron chi connectivity index (χ4n) is 1.81. The third-order valence-corrected chi connectivity index (χ3v) is 2.99. The smallest absolute Gasteiger partial charge is 0.373 e. The predicted octanol–water partition coefficient (Wildman–Crippen LogP) is 1.91. The van der Waals surface area contributed by atoms with Crippen molar-refractivity contribution >= 4 is 11.9 Å². The van der Waals surface area contributed by atoms with Gasteiger partial charge in [-0.1, -0.05) is 13.8 Å². The summed E-state index contributed by atoms with van der Waals surface area (Å²) in [7, 11) is 2.64. The Balaban J connectivity index is 2.78. The second-order valence-corrected chi connectivity index (χ2v) is 4.83. The van der Waals surface area contributed by atoms with Crippen LogP contribution in [0.5, 0.6) is 0 Å². The van der Waals surface area contributed by atoms with Crippen LogP contribution in [0.3, 0.4) is 0 Å². The quantitative estimate of drug-likeness (QED) is 0.804. The minimum Gasteiger partial charge on any atom is -0.468 e. The average Bonchev–Trinajstić information content (AvgIpc) is 2.92. The number of ether oxygens (including phenoxy) is 2. The van der Waals surface area contributed by atoms with Crippen LogP contribution in [-0.2, 0) is 14.3 Å². The Kier molecular flexibility index (Phi) is 5.76. The minimum atomic E-state index is -0.531. The number of rotatable bonds is 6. The van der Waals surface area contributed by atoms with Crippen LogP contribution in [0.4, 0.5) is 0 Å². The van der Waals surface area contributed by atoms with Crippen LogP contribution in [0.15, 0.2) is 16.5 Å². The minimum absolute atomic E-state index is 0.0694. The molecule has 1 rings (SSSR count). The lowest BCUT2D eigenvalue weighted by Crippen LogP contribution is -2.42. The highest BCUT2D eigenvalue weighted by molar-refractivity contribution is 5.86. The molecule has 6 nitrogen and oxygen atoms in total. The number of carbonyl (C=O) groups is 2. The van der Waals surface area contributed by atoms with Crippen LogP contribution >= 0.6 is 0 Å². The van der Waals surface area contributed by atoms with E-state index in [0.717, 1.165) is 0 Å². The van der Waals surface area contributed by atoms with Crippen LogP contribution in [0.25, 0.3) is 0 Å². The van der Waals surface area contributed by atoms with E-state index in [9.17, 15) is 9.59 Å². The molecule has 0 amide bonds. The molecule has 0 spiro atoms. The van der Waals surface area contributed by atoms with Crippen molar-refractivity contribution in [3.05, 3.63) is 23.7 Å². The van der Waals surface area contributed by atoms with E-state index in [0.29, 0.717) is 5.76 Å². The van der Waals surface area contributed by atoms with Crippen molar-refractivity contribution in [3.8, 4) is 0 Å². The summed E-state index contributed by atoms with van der Waals surface area (Å²) >= 11 is 0. The average molecular weight is 283 g/mol. The Labute approximate surface area is 118 Å². The molecule has 0 aromatic carbocycles. The molecule has 0 aliphatic heterocycles. The second-order valence-electron chi connectivity index (χ2n) is 4.83. The third kappa shape index (κ3) is 3.84. The largest absolute Gasteiger partial charge is 0.468 e. The van der Waals surface area contributed by atoms with Gasteiger partial charge in [0.2, 0.25) is 5.76 Å². The fourth-order valence-corrected chi connectivity index (χ4v) is 1.81. The van der Waals surface area contributed by atoms with Crippen LogP contribution in [-0.4, -0.2) is 32.2 Å². The lowest BCUT2D eigenvalue weighted by atomic mass is 10.0. The Morgan fingerprint density at radius 1 is 1.15 bits per heavy atom. The Hall–Kier alpha value is -1.82. The van der Waals surface area contributed by atoms with E-state index in [1.54, 1.807) is 12.1 Å². The van der Waals surface area contributed by atoms with Gasteiger partial charge in [0.1, 0.15) is 11.8 Å². The molecule has 0 aliphatic carbocycles. The van der Waals surface area contributed by atoms with Crippen molar-refractivity contribution in [1.29, 1.82) is 0 Å². The van der Waals surface area contributed by atoms with E-state index in [2.05, 4.69) is 10.1 Å². The first-order chi connectivity index (χ1) is 9.40. The number of methoxy groups -OCH3 is 2. The molecular formula is C14H21NO5. The molecule has 0 radical (unpaired) electrons. The second kappa shape index (κ2) is 7.09. The summed E-state index contributed by atoms with van der Waals surface area (Å²) in [5.74, 6) is -0.0985. The number of esters is 2. The maximum atomic E-state index is 11.7. The lowest BCUT2D eigenvalue weighted by molar-refractivity contribution is -0.144. The molecule has 112 valence electrons. The summed E-state index contributed by atoms with van der Waals surface area (Å²) in [6, 6.07) is 2.54. The van der Waals surface area contributed by atoms with E-state index in [-0.39, 0.29) is 23.7 Å². The zero-order chi connectivity index (χ0) is 15.3. The maximum absolute atomic E-state index is 11.7. The molecular weight excluding hydrogens is 262 g/mol. The lowest BCUT2D eigenvalue weighted by Gasteiger charge is -2.23. The zero-order valence-corrected chi connectivity index (χ0v) is 12.4. The topological polar surface area (TPSA) is 77.8 Å². The number of furan rings is 1. The van der Waals surface area contributed by atoms with Crippen molar-refractivity contribution in [2.24, 2.45) is 5.92 Å². The molecule has 0 aliphatic rings. The van der Waals surface area contributed by atoms with E-state index in [4.69, 9.17) is 9.15 Å². The van der Waals surface area contributed by atoms with Gasteiger partial charge in [-0.2, -0.15) is 0 Å². The maximum Gasteiger partial charge on any atom is 0.373 e. The number of hydrogen-bond donors (Lipinski definition) is 1. The first kappa shape index (κ1) is 16.2. The van der Waals surface area contributed by atoms with Crippen LogP contribution < -0.4 is 5.32 Å². The predicted molar refractivity (Wildman–Crippen MR) is 72.2 cm³/mol. The zero-order valence-electron chi connectivity index (χ0n) is 12.4. The van der Waals surface area contributed by atoms with Crippen LogP contribution in [0, 0.1) is 5.92 Å². The molecule has 1 aromatic rings. The summed E-state index contributed by atoms with van der Waals surface area (Å²) in [6.07, 6.45) is 0. The first-order valence-corrected chi connectivity index (χ1v) is 6.42. The first-order valence-electron chi connectivity index (χ1n) is 6.42. The Morgan fingerprint density at radius 3 is 2.30 bits per heavy atom. The molecule has 0 fully saturated rings. The van der Waals surface area contributed by atoms with Gasteiger partial charge in [0.05, 0.1) is 20.3 Å². The van der Waals surface area contributed by atoms with Crippen molar-refractivity contribution in [3.63, 3.8) is 0 Å². The van der Waals surface area contributed by atoms with Crippen LogP contribution in [0.2, 0.25) is 0 Å². The molecule has 0 saturated heterocycles. The highest BCUT2D eigenvalue weighted by Gasteiger charge is 2.26. The van der Waals surface area contributed by atoms with Gasteiger partial charge in [-0.25, -0.2) is 4.79 Å². The monoisotopic (exact) mass is 283 g/mol. The Bertz CT molecular complexity index is 466. The molecule has 0 saturated carbocycles. The standard InChI is InChI=1S/C14H21NO5/c1-8(2)12(14(17)19-5)15-9(3)10-6-7-11(20-10)13(16)18-4/h6-9,12,15H,1-5H3. The van der Waals surface area contributed by atoms with E-state index in [1.165, 1.54) is 14.2 Å². The molecule has 2 unspecified atom stereocenters. The number of nitrogens with one attached hydrogen (secondary N) is 1. The van der Waals surface area contributed by atoms with Gasteiger partial charge in [-0.3, -0.25) is 10.1 Å². The summed E-state index contributed by atoms with van der Waals surface area (Å²) in [6.45, 7) is 5.69. The van der Waals surface area contributed by atoms with Crippen molar-refractivity contribution in [2.45, 2.75) is 32.9 Å². The normalized spacial score (nSPS) is 13.9. The van der Waals surface area contributed by atoms with Crippen molar-refractivity contribution < 1.29 is 23.5 Å². The molecule has 6 heteroatoms. The molecule has 2 atom stereocenters. The van der Waals surface area contributed by atoms with Crippen molar-refractivity contribution in [1.82, 2.24) is 5.32 Å². The molecule has 0 bridgehead atoms. The highest BCUT2D eigenvalue weighted by Crippen LogP contribution is 2.19. The summed E-state index contributed by atoms with van der Waals surface area (Å²) in [5.41, 5.74) is 0. The van der Waals surface area contributed by atoms with E-state index >= 15 is 0 Å². The molecule has 1 aromatic heterocycles. The molecule has 20 heavy (non-hydrogen) atoms. The van der Waals surface area contributed by atoms with E-state index < -0.39 is 12.0 Å². The van der Waals surface area contributed by atoms with Gasteiger partial charge >= 0.3 is 11.9 Å². The number of hydrogen-bond acceptors (Lipinski definition) is 6. The van der Waals surface area contributed by atoms with Gasteiger partial charge in [0.25, 0.3) is 0 Å². The van der Waals surface area contributed by atoms with Gasteiger partial charge in [-0.05, 0) is 25.0 Å².